The molecule has 1 aliphatic carbocycles. The maximum Gasteiger partial charge on any atom is 0.293 e. The second kappa shape index (κ2) is 10.9. The second-order valence-corrected chi connectivity index (χ2v) is 9.48. The van der Waals surface area contributed by atoms with Gasteiger partial charge in [-0.2, -0.15) is 0 Å². The van der Waals surface area contributed by atoms with E-state index in [1.807, 2.05) is 16.8 Å². The van der Waals surface area contributed by atoms with E-state index in [-0.39, 0.29) is 22.8 Å². The van der Waals surface area contributed by atoms with Gasteiger partial charge in [-0.1, -0.05) is 19.3 Å². The van der Waals surface area contributed by atoms with Crippen LogP contribution < -0.4 is 15.1 Å². The van der Waals surface area contributed by atoms with E-state index in [4.69, 9.17) is 0 Å². The predicted molar refractivity (Wildman–Crippen MR) is 137 cm³/mol. The zero-order valence-electron chi connectivity index (χ0n) is 20.7. The van der Waals surface area contributed by atoms with Gasteiger partial charge in [-0.15, -0.1) is 0 Å². The monoisotopic (exact) mass is 497 g/mol. The van der Waals surface area contributed by atoms with Gasteiger partial charge >= 0.3 is 0 Å². The molecule has 1 saturated carbocycles. The Morgan fingerprint density at radius 1 is 1.06 bits per heavy atom. The molecular formula is C26H32FN5O4. The Bertz CT molecular complexity index is 1140. The van der Waals surface area contributed by atoms with Crippen LogP contribution in [0.2, 0.25) is 0 Å². The highest BCUT2D eigenvalue weighted by Crippen LogP contribution is 2.32. The van der Waals surface area contributed by atoms with Crippen molar-refractivity contribution in [1.29, 1.82) is 0 Å². The lowest BCUT2D eigenvalue weighted by atomic mass is 9.94. The number of carbonyl (C=O) groups excluding carboxylic acids is 2. The molecule has 1 aliphatic heterocycles. The summed E-state index contributed by atoms with van der Waals surface area (Å²) in [6.45, 7) is 3.39. The molecule has 0 radical (unpaired) electrons. The van der Waals surface area contributed by atoms with Crippen molar-refractivity contribution in [2.75, 3.05) is 48.3 Å². The predicted octanol–water partition coefficient (Wildman–Crippen LogP) is 4.42. The Labute approximate surface area is 210 Å². The molecule has 2 aromatic rings. The molecule has 0 unspecified atom stereocenters. The zero-order valence-corrected chi connectivity index (χ0v) is 20.7. The smallest absolute Gasteiger partial charge is 0.293 e. The number of rotatable bonds is 6. The molecule has 9 nitrogen and oxygen atoms in total. The van der Waals surface area contributed by atoms with Gasteiger partial charge in [-0.3, -0.25) is 19.7 Å². The highest BCUT2D eigenvalue weighted by Gasteiger charge is 2.26. The number of nitro groups is 1. The molecule has 1 saturated heterocycles. The number of benzene rings is 2. The number of hydrogen-bond donors (Lipinski definition) is 1. The van der Waals surface area contributed by atoms with Crippen molar-refractivity contribution in [3.63, 3.8) is 0 Å². The molecule has 0 aromatic heterocycles. The molecule has 10 heteroatoms. The Morgan fingerprint density at radius 3 is 2.36 bits per heavy atom. The summed E-state index contributed by atoms with van der Waals surface area (Å²) in [7, 11) is 1.90. The van der Waals surface area contributed by atoms with Crippen molar-refractivity contribution >= 4 is 34.6 Å². The number of hydrogen-bond acceptors (Lipinski definition) is 6. The van der Waals surface area contributed by atoms with Gasteiger partial charge < -0.3 is 20.0 Å². The van der Waals surface area contributed by atoms with Crippen molar-refractivity contribution in [2.24, 2.45) is 0 Å². The van der Waals surface area contributed by atoms with Crippen LogP contribution in [0.15, 0.2) is 36.4 Å². The zero-order chi connectivity index (χ0) is 25.8. The lowest BCUT2D eigenvalue weighted by Gasteiger charge is -2.35. The minimum absolute atomic E-state index is 0.0266. The molecule has 192 valence electrons. The molecule has 0 spiro atoms. The lowest BCUT2D eigenvalue weighted by Crippen LogP contribution is -2.48. The van der Waals surface area contributed by atoms with E-state index >= 15 is 0 Å². The number of halogens is 1. The van der Waals surface area contributed by atoms with Crippen LogP contribution in [-0.2, 0) is 4.79 Å². The van der Waals surface area contributed by atoms with Crippen molar-refractivity contribution in [1.82, 2.24) is 4.90 Å². The Hall–Kier alpha value is -3.69. The lowest BCUT2D eigenvalue weighted by molar-refractivity contribution is -0.384. The SMILES string of the molecule is CC(=O)N1CCN(c2ccc(C(=O)Nc3ccc(N(C)C4CCCCC4)c(F)c3)cc2[N+](=O)[O-])CC1. The van der Waals surface area contributed by atoms with Crippen molar-refractivity contribution in [3.05, 3.63) is 57.9 Å². The van der Waals surface area contributed by atoms with Gasteiger partial charge in [0.25, 0.3) is 11.6 Å². The third kappa shape index (κ3) is 5.58. The highest BCUT2D eigenvalue weighted by atomic mass is 19.1. The molecule has 4 rings (SSSR count). The Kier molecular flexibility index (Phi) is 7.71. The first-order chi connectivity index (χ1) is 17.2. The summed E-state index contributed by atoms with van der Waals surface area (Å²) >= 11 is 0. The molecule has 2 fully saturated rings. The van der Waals surface area contributed by atoms with Crippen molar-refractivity contribution < 1.29 is 18.9 Å². The molecule has 0 bridgehead atoms. The van der Waals surface area contributed by atoms with E-state index in [0.717, 1.165) is 25.7 Å². The largest absolute Gasteiger partial charge is 0.369 e. The van der Waals surface area contributed by atoms with Crippen LogP contribution in [0.3, 0.4) is 0 Å². The number of nitrogens with one attached hydrogen (secondary N) is 1. The fourth-order valence-corrected chi connectivity index (χ4v) is 5.08. The third-order valence-electron chi connectivity index (χ3n) is 7.21. The maximum absolute atomic E-state index is 14.9. The number of nitro benzene ring substituents is 1. The molecule has 1 N–H and O–H groups in total. The topological polar surface area (TPSA) is 99.0 Å². The van der Waals surface area contributed by atoms with Crippen LogP contribution in [0.25, 0.3) is 0 Å². The number of amides is 2. The summed E-state index contributed by atoms with van der Waals surface area (Å²) in [5.74, 6) is -1.01. The highest BCUT2D eigenvalue weighted by molar-refractivity contribution is 6.05. The van der Waals surface area contributed by atoms with Crippen LogP contribution in [0.5, 0.6) is 0 Å². The van der Waals surface area contributed by atoms with Gasteiger partial charge in [0.05, 0.1) is 10.6 Å². The van der Waals surface area contributed by atoms with Crippen LogP contribution in [-0.4, -0.2) is 60.9 Å². The molecule has 0 atom stereocenters. The average Bonchev–Trinajstić information content (AvgIpc) is 2.88. The summed E-state index contributed by atoms with van der Waals surface area (Å²) in [6.07, 6.45) is 5.58. The molecule has 2 aromatic carbocycles. The summed E-state index contributed by atoms with van der Waals surface area (Å²) in [6, 6.07) is 9.21. The number of anilines is 3. The van der Waals surface area contributed by atoms with Gasteiger partial charge in [0, 0.05) is 63.5 Å². The minimum Gasteiger partial charge on any atom is -0.369 e. The number of nitrogens with zero attached hydrogens (tertiary/aromatic N) is 4. The standard InChI is InChI=1S/C26H32FN5O4/c1-18(33)30-12-14-31(15-13-30)24-10-8-19(16-25(24)32(35)36)26(34)28-20-9-11-23(22(27)17-20)29(2)21-6-4-3-5-7-21/h8-11,16-17,21H,3-7,12-15H2,1-2H3,(H,28,34). The summed E-state index contributed by atoms with van der Waals surface area (Å²) in [4.78, 5) is 41.2. The fraction of sp³-hybridized carbons (Fsp3) is 0.462. The molecule has 1 heterocycles. The van der Waals surface area contributed by atoms with Gasteiger partial charge in [0.15, 0.2) is 0 Å². The summed E-state index contributed by atoms with van der Waals surface area (Å²) < 4.78 is 14.9. The van der Waals surface area contributed by atoms with E-state index < -0.39 is 16.6 Å². The van der Waals surface area contributed by atoms with Crippen LogP contribution in [0.1, 0.15) is 49.4 Å². The normalized spacial score (nSPS) is 16.5. The molecular weight excluding hydrogens is 465 g/mol. The quantitative estimate of drug-likeness (QED) is 0.469. The van der Waals surface area contributed by atoms with E-state index in [9.17, 15) is 24.1 Å². The van der Waals surface area contributed by atoms with Crippen LogP contribution in [0.4, 0.5) is 27.1 Å². The second-order valence-electron chi connectivity index (χ2n) is 9.48. The van der Waals surface area contributed by atoms with Gasteiger partial charge in [-0.05, 0) is 43.2 Å². The molecule has 2 aliphatic rings. The first-order valence-electron chi connectivity index (χ1n) is 12.4. The van der Waals surface area contributed by atoms with E-state index in [2.05, 4.69) is 5.32 Å². The minimum atomic E-state index is -0.557. The third-order valence-corrected chi connectivity index (χ3v) is 7.21. The Morgan fingerprint density at radius 2 is 1.75 bits per heavy atom. The van der Waals surface area contributed by atoms with E-state index in [1.54, 1.807) is 23.1 Å². The maximum atomic E-state index is 14.9. The first-order valence-corrected chi connectivity index (χ1v) is 12.4. The van der Waals surface area contributed by atoms with Crippen LogP contribution >= 0.6 is 0 Å². The number of piperazine rings is 1. The van der Waals surface area contributed by atoms with Gasteiger partial charge in [0.2, 0.25) is 5.91 Å². The molecule has 2 amide bonds. The van der Waals surface area contributed by atoms with Crippen LogP contribution in [0, 0.1) is 15.9 Å². The van der Waals surface area contributed by atoms with Gasteiger partial charge in [-0.25, -0.2) is 4.39 Å². The molecule has 36 heavy (non-hydrogen) atoms. The Balaban J connectivity index is 1.47. The average molecular weight is 498 g/mol. The van der Waals surface area contributed by atoms with Gasteiger partial charge in [0.1, 0.15) is 11.5 Å². The van der Waals surface area contributed by atoms with E-state index in [1.165, 1.54) is 31.5 Å². The number of carbonyl (C=O) groups is 2. The van der Waals surface area contributed by atoms with Crippen molar-refractivity contribution in [2.45, 2.75) is 45.1 Å². The summed E-state index contributed by atoms with van der Waals surface area (Å²) in [5.41, 5.74) is 1.10. The summed E-state index contributed by atoms with van der Waals surface area (Å²) in [5, 5.41) is 14.4. The van der Waals surface area contributed by atoms with E-state index in [0.29, 0.717) is 43.6 Å². The fourth-order valence-electron chi connectivity index (χ4n) is 5.08. The first kappa shape index (κ1) is 25.4. The van der Waals surface area contributed by atoms with Crippen molar-refractivity contribution in [3.8, 4) is 0 Å².